The van der Waals surface area contributed by atoms with Crippen molar-refractivity contribution in [3.63, 3.8) is 0 Å². The van der Waals surface area contributed by atoms with Gasteiger partial charge in [0.2, 0.25) is 0 Å². The van der Waals surface area contributed by atoms with Crippen LogP contribution in [0.4, 0.5) is 17.6 Å². The van der Waals surface area contributed by atoms with E-state index >= 15 is 0 Å². The maximum Gasteiger partial charge on any atom is 0.450 e. The Hall–Kier alpha value is 1.000. The molecule has 0 aliphatic carbocycles. The molecule has 0 aromatic heterocycles. The highest BCUT2D eigenvalue weighted by molar-refractivity contribution is 14.1. The van der Waals surface area contributed by atoms with Crippen LogP contribution in [0.15, 0.2) is 0 Å². The summed E-state index contributed by atoms with van der Waals surface area (Å²) in [5, 5.41) is -12.0. The van der Waals surface area contributed by atoms with E-state index < -0.39 is 30.7 Å². The Balaban J connectivity index is 5.86. The zero-order chi connectivity index (χ0) is 13.4. The smallest absolute Gasteiger partial charge is 0.194 e. The van der Waals surface area contributed by atoms with E-state index in [1.54, 1.807) is 0 Å². The molecule has 0 unspecified atom stereocenters. The summed E-state index contributed by atoms with van der Waals surface area (Å²) in [5.74, 6) is 0. The second-order valence-corrected chi connectivity index (χ2v) is 7.32. The van der Waals surface area contributed by atoms with Crippen LogP contribution in [0.5, 0.6) is 0 Å². The van der Waals surface area contributed by atoms with Crippen molar-refractivity contribution in [1.82, 2.24) is 0 Å². The number of hydrogen-bond donors (Lipinski definition) is 0. The van der Waals surface area contributed by atoms with Crippen molar-refractivity contribution < 1.29 is 39.4 Å². The SMILES string of the molecule is O=S(=O)(OI)C(F)(F)C(F)(F)S(=O)(=O)OI. The molecular formula is C2F4I2O6S2. The summed E-state index contributed by atoms with van der Waals surface area (Å²) in [5.41, 5.74) is 0. The molecule has 98 valence electrons. The van der Waals surface area contributed by atoms with Gasteiger partial charge in [-0.3, -0.25) is 0 Å². The molecular weight excluding hydrogens is 514 g/mol. The van der Waals surface area contributed by atoms with Gasteiger partial charge in [-0.25, -0.2) is 0 Å². The standard InChI is InChI=1S/C2F4I2O6S2/c3-1(4,15(9,10)13-7)2(5,6)16(11,12)14-8. The Morgan fingerprint density at radius 3 is 1.06 bits per heavy atom. The Labute approximate surface area is 115 Å². The minimum atomic E-state index is -6.11. The molecule has 0 atom stereocenters. The first-order valence-corrected chi connectivity index (χ1v) is 7.30. The zero-order valence-electron chi connectivity index (χ0n) is 6.53. The average Bonchev–Trinajstić information content (AvgIpc) is 2.16. The molecule has 6 nitrogen and oxygen atoms in total. The molecule has 0 fully saturated rings. The Kier molecular flexibility index (Phi) is 5.25. The molecule has 0 heterocycles. The van der Waals surface area contributed by atoms with Crippen molar-refractivity contribution in [1.29, 1.82) is 0 Å². The number of alkyl halides is 4. The van der Waals surface area contributed by atoms with Crippen LogP contribution in [0, 0.1) is 0 Å². The minimum absolute atomic E-state index is 0.397. The predicted molar refractivity (Wildman–Crippen MR) is 57.9 cm³/mol. The molecule has 0 saturated carbocycles. The van der Waals surface area contributed by atoms with Crippen molar-refractivity contribution in [2.24, 2.45) is 0 Å². The molecule has 0 saturated heterocycles. The first-order chi connectivity index (χ1) is 6.87. The van der Waals surface area contributed by atoms with Crippen molar-refractivity contribution in [3.05, 3.63) is 0 Å². The Morgan fingerprint density at radius 1 is 0.750 bits per heavy atom. The summed E-state index contributed by atoms with van der Waals surface area (Å²) in [6.45, 7) is 0. The number of halogens is 6. The lowest BCUT2D eigenvalue weighted by molar-refractivity contribution is -0.103. The first-order valence-electron chi connectivity index (χ1n) is 2.72. The maximum atomic E-state index is 12.7. The van der Waals surface area contributed by atoms with Crippen LogP contribution in [-0.4, -0.2) is 27.3 Å². The lowest BCUT2D eigenvalue weighted by Crippen LogP contribution is -2.51. The van der Waals surface area contributed by atoms with Gasteiger partial charge in [0, 0.05) is 0 Å². The normalized spacial score (nSPS) is 15.1. The van der Waals surface area contributed by atoms with Crippen molar-refractivity contribution in [2.45, 2.75) is 10.5 Å². The molecule has 0 aliphatic heterocycles. The monoisotopic (exact) mass is 514 g/mol. The maximum absolute atomic E-state index is 12.7. The highest BCUT2D eigenvalue weighted by Gasteiger charge is 2.75. The van der Waals surface area contributed by atoms with E-state index in [-0.39, 0.29) is 0 Å². The third kappa shape index (κ3) is 2.54. The zero-order valence-corrected chi connectivity index (χ0v) is 12.5. The van der Waals surface area contributed by atoms with Gasteiger partial charge >= 0.3 is 30.7 Å². The summed E-state index contributed by atoms with van der Waals surface area (Å²) in [4.78, 5) is 0. The summed E-state index contributed by atoms with van der Waals surface area (Å²) in [6.07, 6.45) is 0. The third-order valence-corrected chi connectivity index (χ3v) is 6.20. The molecule has 0 radical (unpaired) electrons. The highest BCUT2D eigenvalue weighted by atomic mass is 127. The van der Waals surface area contributed by atoms with Crippen molar-refractivity contribution in [2.75, 3.05) is 0 Å². The number of rotatable bonds is 5. The van der Waals surface area contributed by atoms with Gasteiger partial charge in [0.15, 0.2) is 0 Å². The van der Waals surface area contributed by atoms with E-state index in [1.807, 2.05) is 0 Å². The van der Waals surface area contributed by atoms with Crippen LogP contribution in [-0.2, 0) is 25.3 Å². The molecule has 14 heteroatoms. The first kappa shape index (κ1) is 17.0. The molecule has 0 rings (SSSR count). The average molecular weight is 514 g/mol. The lowest BCUT2D eigenvalue weighted by atomic mass is 10.7. The van der Waals surface area contributed by atoms with Gasteiger partial charge in [-0.2, -0.15) is 39.4 Å². The van der Waals surface area contributed by atoms with Crippen LogP contribution in [0.3, 0.4) is 0 Å². The van der Waals surface area contributed by atoms with Crippen molar-refractivity contribution >= 4 is 66.2 Å². The van der Waals surface area contributed by atoms with Crippen LogP contribution >= 0.6 is 46.0 Å². The van der Waals surface area contributed by atoms with Crippen molar-refractivity contribution in [3.8, 4) is 0 Å². The summed E-state index contributed by atoms with van der Waals surface area (Å²) >= 11 is 0.794. The van der Waals surface area contributed by atoms with E-state index in [9.17, 15) is 34.4 Å². The fourth-order valence-electron chi connectivity index (χ4n) is 0.370. The van der Waals surface area contributed by atoms with E-state index in [0.29, 0.717) is 46.0 Å². The molecule has 0 spiro atoms. The van der Waals surface area contributed by atoms with E-state index in [1.165, 1.54) is 0 Å². The second-order valence-electron chi connectivity index (χ2n) is 2.07. The molecule has 0 aromatic rings. The lowest BCUT2D eigenvalue weighted by Gasteiger charge is -2.22. The summed E-state index contributed by atoms with van der Waals surface area (Å²) in [6, 6.07) is 0. The third-order valence-electron chi connectivity index (χ3n) is 1.13. The predicted octanol–water partition coefficient (Wildman–Crippen LogP) is 1.56. The Morgan fingerprint density at radius 2 is 0.938 bits per heavy atom. The molecule has 0 aliphatic rings. The van der Waals surface area contributed by atoms with Crippen LogP contribution in [0.1, 0.15) is 0 Å². The quantitative estimate of drug-likeness (QED) is 0.410. The fraction of sp³-hybridized carbons (Fsp3) is 1.00. The molecule has 16 heavy (non-hydrogen) atoms. The van der Waals surface area contributed by atoms with Crippen LogP contribution in [0.2, 0.25) is 0 Å². The Bertz CT molecular complexity index is 411. The molecule has 0 N–H and O–H groups in total. The van der Waals surface area contributed by atoms with E-state index in [0.717, 1.165) is 0 Å². The van der Waals surface area contributed by atoms with Gasteiger partial charge in [-0.1, -0.05) is 0 Å². The number of hydrogen-bond acceptors (Lipinski definition) is 6. The minimum Gasteiger partial charge on any atom is -0.194 e. The highest BCUT2D eigenvalue weighted by Crippen LogP contribution is 2.44. The van der Waals surface area contributed by atoms with Gasteiger partial charge in [-0.15, -0.1) is 0 Å². The van der Waals surface area contributed by atoms with Crippen LogP contribution in [0.25, 0.3) is 0 Å². The fourth-order valence-corrected chi connectivity index (χ4v) is 3.08. The molecule has 0 bridgehead atoms. The summed E-state index contributed by atoms with van der Waals surface area (Å²) in [7, 11) is -12.2. The molecule has 0 aromatic carbocycles. The molecule has 0 amide bonds. The van der Waals surface area contributed by atoms with E-state index in [4.69, 9.17) is 0 Å². The largest absolute Gasteiger partial charge is 0.450 e. The van der Waals surface area contributed by atoms with E-state index in [2.05, 4.69) is 5.03 Å². The van der Waals surface area contributed by atoms with Crippen LogP contribution < -0.4 is 0 Å². The van der Waals surface area contributed by atoms with Gasteiger partial charge in [0.25, 0.3) is 0 Å². The second kappa shape index (κ2) is 4.94. The summed E-state index contributed by atoms with van der Waals surface area (Å²) < 4.78 is 99.0. The van der Waals surface area contributed by atoms with Gasteiger partial charge < -0.3 is 0 Å². The van der Waals surface area contributed by atoms with Gasteiger partial charge in [0.05, 0.1) is 0 Å². The van der Waals surface area contributed by atoms with Gasteiger partial charge in [0.1, 0.15) is 46.0 Å². The van der Waals surface area contributed by atoms with Gasteiger partial charge in [-0.05, 0) is 0 Å². The topological polar surface area (TPSA) is 86.7 Å².